The molecule has 1 aliphatic rings. The van der Waals surface area contributed by atoms with Crippen LogP contribution in [0.15, 0.2) is 36.8 Å². The lowest BCUT2D eigenvalue weighted by Crippen LogP contribution is -2.45. The molecule has 1 aromatic carbocycles. The van der Waals surface area contributed by atoms with Crippen molar-refractivity contribution in [1.82, 2.24) is 20.2 Å². The fourth-order valence-corrected chi connectivity index (χ4v) is 2.63. The normalized spacial score (nSPS) is 16.5. The Morgan fingerprint density at radius 1 is 1.30 bits per heavy atom. The average Bonchev–Trinajstić information content (AvgIpc) is 3.01. The van der Waals surface area contributed by atoms with Crippen molar-refractivity contribution in [3.63, 3.8) is 0 Å². The minimum atomic E-state index is -0.407. The summed E-state index contributed by atoms with van der Waals surface area (Å²) < 4.78 is 14.8. The topological polar surface area (TPSA) is 76.0 Å². The molecule has 3 rings (SSSR count). The second-order valence-electron chi connectivity index (χ2n) is 5.53. The highest BCUT2D eigenvalue weighted by atomic mass is 19.1. The van der Waals surface area contributed by atoms with E-state index in [2.05, 4.69) is 15.6 Å². The maximum atomic E-state index is 12.8. The van der Waals surface area contributed by atoms with Crippen LogP contribution in [0.25, 0.3) is 0 Å². The Morgan fingerprint density at radius 2 is 2.09 bits per heavy atom. The molecule has 7 heteroatoms. The van der Waals surface area contributed by atoms with Crippen LogP contribution in [0.3, 0.4) is 0 Å². The summed E-state index contributed by atoms with van der Waals surface area (Å²) in [5, 5.41) is 5.43. The highest BCUT2D eigenvalue weighted by Crippen LogP contribution is 2.13. The fourth-order valence-electron chi connectivity index (χ4n) is 2.63. The predicted octanol–water partition coefficient (Wildman–Crippen LogP) is 0.883. The second kappa shape index (κ2) is 6.60. The monoisotopic (exact) mass is 316 g/mol. The van der Waals surface area contributed by atoms with Crippen LogP contribution >= 0.6 is 0 Å². The maximum Gasteiger partial charge on any atom is 0.251 e. The summed E-state index contributed by atoms with van der Waals surface area (Å²) in [5.74, 6) is -1.05. The molecule has 0 aliphatic carbocycles. The van der Waals surface area contributed by atoms with Crippen molar-refractivity contribution in [3.05, 3.63) is 53.9 Å². The fraction of sp³-hybridized carbons (Fsp3) is 0.312. The number of aromatic nitrogens is 2. The number of carbonyl (C=O) groups is 2. The molecule has 0 spiro atoms. The van der Waals surface area contributed by atoms with E-state index in [1.54, 1.807) is 6.33 Å². The smallest absolute Gasteiger partial charge is 0.251 e. The second-order valence-corrected chi connectivity index (χ2v) is 5.53. The molecule has 2 heterocycles. The molecule has 2 N–H and O–H groups in total. The van der Waals surface area contributed by atoms with Crippen LogP contribution in [0.1, 0.15) is 22.5 Å². The van der Waals surface area contributed by atoms with Gasteiger partial charge in [0.1, 0.15) is 5.82 Å². The largest absolute Gasteiger partial charge is 0.350 e. The molecule has 23 heavy (non-hydrogen) atoms. The predicted molar refractivity (Wildman–Crippen MR) is 81.2 cm³/mol. The molecule has 0 radical (unpaired) electrons. The summed E-state index contributed by atoms with van der Waals surface area (Å²) in [4.78, 5) is 27.9. The molecular formula is C16H17FN4O2. The first-order valence-corrected chi connectivity index (χ1v) is 7.44. The van der Waals surface area contributed by atoms with Crippen molar-refractivity contribution in [2.24, 2.45) is 0 Å². The highest BCUT2D eigenvalue weighted by Gasteiger charge is 2.20. The van der Waals surface area contributed by atoms with Crippen LogP contribution in [0, 0.1) is 5.82 Å². The van der Waals surface area contributed by atoms with Crippen molar-refractivity contribution in [1.29, 1.82) is 0 Å². The van der Waals surface area contributed by atoms with Gasteiger partial charge in [0.25, 0.3) is 5.91 Å². The van der Waals surface area contributed by atoms with Gasteiger partial charge in [-0.3, -0.25) is 9.59 Å². The number of hydrogen-bond acceptors (Lipinski definition) is 3. The first-order chi connectivity index (χ1) is 11.1. The zero-order chi connectivity index (χ0) is 16.2. The number of nitrogens with one attached hydrogen (secondary N) is 2. The van der Waals surface area contributed by atoms with Crippen LogP contribution in [-0.4, -0.2) is 34.0 Å². The first-order valence-electron chi connectivity index (χ1n) is 7.44. The molecule has 2 aromatic rings. The van der Waals surface area contributed by atoms with Crippen LogP contribution < -0.4 is 10.6 Å². The van der Waals surface area contributed by atoms with Gasteiger partial charge in [-0.05, 0) is 37.1 Å². The van der Waals surface area contributed by atoms with Crippen molar-refractivity contribution in [2.75, 3.05) is 6.54 Å². The molecule has 0 saturated carbocycles. The van der Waals surface area contributed by atoms with Gasteiger partial charge in [0, 0.05) is 30.0 Å². The lowest BCUT2D eigenvalue weighted by molar-refractivity contribution is -0.121. The Labute approximate surface area is 132 Å². The van der Waals surface area contributed by atoms with Crippen LogP contribution in [0.2, 0.25) is 0 Å². The SMILES string of the molecule is O=C(CNC(=O)c1ccc(F)cc1)NC1CCc2cncn2C1. The molecule has 0 bridgehead atoms. The van der Waals surface area contributed by atoms with Gasteiger partial charge >= 0.3 is 0 Å². The summed E-state index contributed by atoms with van der Waals surface area (Å²) in [6, 6.07) is 5.21. The maximum absolute atomic E-state index is 12.8. The molecule has 6 nitrogen and oxygen atoms in total. The van der Waals surface area contributed by atoms with E-state index in [1.807, 2.05) is 10.8 Å². The number of rotatable bonds is 4. The number of nitrogens with zero attached hydrogens (tertiary/aromatic N) is 2. The average molecular weight is 316 g/mol. The van der Waals surface area contributed by atoms with E-state index in [9.17, 15) is 14.0 Å². The van der Waals surface area contributed by atoms with Crippen molar-refractivity contribution >= 4 is 11.8 Å². The Hall–Kier alpha value is -2.70. The quantitative estimate of drug-likeness (QED) is 0.879. The van der Waals surface area contributed by atoms with Gasteiger partial charge in [0.15, 0.2) is 0 Å². The number of carbonyl (C=O) groups excluding carboxylic acids is 2. The zero-order valence-electron chi connectivity index (χ0n) is 12.5. The molecule has 1 unspecified atom stereocenters. The van der Waals surface area contributed by atoms with Crippen molar-refractivity contribution < 1.29 is 14.0 Å². The molecule has 120 valence electrons. The number of imidazole rings is 1. The molecular weight excluding hydrogens is 299 g/mol. The van der Waals surface area contributed by atoms with Crippen molar-refractivity contribution in [3.8, 4) is 0 Å². The van der Waals surface area contributed by atoms with Crippen LogP contribution in [-0.2, 0) is 17.8 Å². The van der Waals surface area contributed by atoms with Gasteiger partial charge in [-0.25, -0.2) is 9.37 Å². The minimum absolute atomic E-state index is 0.0342. The molecule has 0 fully saturated rings. The number of fused-ring (bicyclic) bond motifs is 1. The van der Waals surface area contributed by atoms with E-state index in [1.165, 1.54) is 30.0 Å². The highest BCUT2D eigenvalue weighted by molar-refractivity contribution is 5.96. The van der Waals surface area contributed by atoms with E-state index >= 15 is 0 Å². The van der Waals surface area contributed by atoms with Gasteiger partial charge in [0.05, 0.1) is 12.9 Å². The lowest BCUT2D eigenvalue weighted by atomic mass is 10.1. The zero-order valence-corrected chi connectivity index (χ0v) is 12.5. The lowest BCUT2D eigenvalue weighted by Gasteiger charge is -2.25. The van der Waals surface area contributed by atoms with Gasteiger partial charge < -0.3 is 15.2 Å². The Balaban J connectivity index is 1.46. The third-order valence-corrected chi connectivity index (χ3v) is 3.85. The Kier molecular flexibility index (Phi) is 4.36. The summed E-state index contributed by atoms with van der Waals surface area (Å²) >= 11 is 0. The summed E-state index contributed by atoms with van der Waals surface area (Å²) in [5.41, 5.74) is 1.49. The number of aryl methyl sites for hydroxylation is 1. The molecule has 1 aliphatic heterocycles. The van der Waals surface area contributed by atoms with Gasteiger partial charge in [0.2, 0.25) is 5.91 Å². The van der Waals surface area contributed by atoms with Gasteiger partial charge in [-0.15, -0.1) is 0 Å². The summed E-state index contributed by atoms with van der Waals surface area (Å²) in [6.45, 7) is 0.580. The van der Waals surface area contributed by atoms with Crippen molar-refractivity contribution in [2.45, 2.75) is 25.4 Å². The van der Waals surface area contributed by atoms with Crippen LogP contribution in [0.4, 0.5) is 4.39 Å². The molecule has 1 atom stereocenters. The van der Waals surface area contributed by atoms with Gasteiger partial charge in [-0.2, -0.15) is 0 Å². The van der Waals surface area contributed by atoms with E-state index in [4.69, 9.17) is 0 Å². The number of benzene rings is 1. The minimum Gasteiger partial charge on any atom is -0.350 e. The Bertz CT molecular complexity index is 711. The van der Waals surface area contributed by atoms with E-state index in [-0.39, 0.29) is 18.5 Å². The molecule has 1 aromatic heterocycles. The van der Waals surface area contributed by atoms with Gasteiger partial charge in [-0.1, -0.05) is 0 Å². The first kappa shape index (κ1) is 15.2. The standard InChI is InChI=1S/C16H17FN4O2/c17-12-3-1-11(2-4-12)16(23)19-8-15(22)20-13-5-6-14-7-18-10-21(14)9-13/h1-4,7,10,13H,5-6,8-9H2,(H,19,23)(H,20,22). The number of halogens is 1. The summed E-state index contributed by atoms with van der Waals surface area (Å²) in [7, 11) is 0. The number of hydrogen-bond donors (Lipinski definition) is 2. The van der Waals surface area contributed by atoms with E-state index < -0.39 is 11.7 Å². The van der Waals surface area contributed by atoms with Crippen LogP contribution in [0.5, 0.6) is 0 Å². The number of amides is 2. The van der Waals surface area contributed by atoms with E-state index in [0.717, 1.165) is 12.8 Å². The van der Waals surface area contributed by atoms with E-state index in [0.29, 0.717) is 12.1 Å². The third-order valence-electron chi connectivity index (χ3n) is 3.85. The molecule has 2 amide bonds. The Morgan fingerprint density at radius 3 is 2.87 bits per heavy atom. The molecule has 0 saturated heterocycles. The third kappa shape index (κ3) is 3.74. The summed E-state index contributed by atoms with van der Waals surface area (Å²) in [6.07, 6.45) is 5.31.